The van der Waals surface area contributed by atoms with E-state index >= 15 is 0 Å². The fourth-order valence-electron chi connectivity index (χ4n) is 2.64. The molecule has 1 heterocycles. The molecule has 0 unspecified atom stereocenters. The molecule has 0 bridgehead atoms. The smallest absolute Gasteiger partial charge is 0.257 e. The number of benzene rings is 2. The lowest BCUT2D eigenvalue weighted by atomic mass is 10.2. The molecule has 0 spiro atoms. The molecule has 3 amide bonds. The van der Waals surface area contributed by atoms with Crippen molar-refractivity contribution in [3.8, 4) is 0 Å². The summed E-state index contributed by atoms with van der Waals surface area (Å²) in [5.74, 6) is -0.820. The lowest BCUT2D eigenvalue weighted by molar-refractivity contribution is -0.114. The Hall–Kier alpha value is -3.33. The topological polar surface area (TPSA) is 150 Å². The highest BCUT2D eigenvalue weighted by Gasteiger charge is 2.18. The molecular formula is C21H22N6O5S3. The summed E-state index contributed by atoms with van der Waals surface area (Å²) in [6.45, 7) is 1.41. The third-order valence-electron chi connectivity index (χ3n) is 4.34. The number of nitrogens with zero attached hydrogens (tertiary/aromatic N) is 3. The average Bonchev–Trinajstić information content (AvgIpc) is 3.26. The highest BCUT2D eigenvalue weighted by Crippen LogP contribution is 2.26. The molecule has 0 aliphatic heterocycles. The van der Waals surface area contributed by atoms with Crippen molar-refractivity contribution >= 4 is 67.3 Å². The van der Waals surface area contributed by atoms with Gasteiger partial charge in [0, 0.05) is 38.0 Å². The second-order valence-electron chi connectivity index (χ2n) is 7.23. The predicted molar refractivity (Wildman–Crippen MR) is 135 cm³/mol. The van der Waals surface area contributed by atoms with Crippen LogP contribution in [0.2, 0.25) is 0 Å². The number of rotatable bonds is 9. The van der Waals surface area contributed by atoms with Gasteiger partial charge in [0.15, 0.2) is 4.34 Å². The van der Waals surface area contributed by atoms with E-state index in [0.29, 0.717) is 15.7 Å². The van der Waals surface area contributed by atoms with Crippen molar-refractivity contribution in [2.45, 2.75) is 16.2 Å². The second kappa shape index (κ2) is 11.4. The van der Waals surface area contributed by atoms with Crippen molar-refractivity contribution in [1.29, 1.82) is 0 Å². The average molecular weight is 535 g/mol. The molecule has 184 valence electrons. The maximum atomic E-state index is 12.4. The lowest BCUT2D eigenvalue weighted by Crippen LogP contribution is -2.22. The Morgan fingerprint density at radius 3 is 2.09 bits per heavy atom. The van der Waals surface area contributed by atoms with Crippen LogP contribution in [0.4, 0.5) is 16.5 Å². The summed E-state index contributed by atoms with van der Waals surface area (Å²) in [6.07, 6.45) is 0. The molecule has 0 saturated carbocycles. The summed E-state index contributed by atoms with van der Waals surface area (Å²) in [7, 11) is -0.728. The highest BCUT2D eigenvalue weighted by atomic mass is 32.2. The molecule has 0 aliphatic carbocycles. The Morgan fingerprint density at radius 1 is 0.914 bits per heavy atom. The molecule has 0 radical (unpaired) electrons. The van der Waals surface area contributed by atoms with Crippen LogP contribution in [0.25, 0.3) is 0 Å². The Bertz CT molecular complexity index is 1320. The van der Waals surface area contributed by atoms with Crippen molar-refractivity contribution in [1.82, 2.24) is 14.5 Å². The van der Waals surface area contributed by atoms with Crippen LogP contribution in [0.3, 0.4) is 0 Å². The monoisotopic (exact) mass is 534 g/mol. The summed E-state index contributed by atoms with van der Waals surface area (Å²) in [4.78, 5) is 35.8. The fourth-order valence-corrected chi connectivity index (χ4v) is 5.09. The number of nitrogens with one attached hydrogen (secondary N) is 3. The number of carbonyl (C=O) groups is 3. The van der Waals surface area contributed by atoms with E-state index in [1.807, 2.05) is 0 Å². The molecular weight excluding hydrogens is 512 g/mol. The molecule has 1 aromatic heterocycles. The minimum absolute atomic E-state index is 0.0793. The van der Waals surface area contributed by atoms with Crippen LogP contribution in [0, 0.1) is 0 Å². The molecule has 0 fully saturated rings. The summed E-state index contributed by atoms with van der Waals surface area (Å²) in [5, 5.41) is 16.1. The number of amides is 3. The van der Waals surface area contributed by atoms with Crippen LogP contribution in [0.1, 0.15) is 17.3 Å². The van der Waals surface area contributed by atoms with Gasteiger partial charge in [0.2, 0.25) is 27.0 Å². The van der Waals surface area contributed by atoms with Crippen LogP contribution in [0.15, 0.2) is 57.8 Å². The zero-order valence-electron chi connectivity index (χ0n) is 18.9. The molecule has 0 aliphatic rings. The SMILES string of the molecule is CC(=O)Nc1ccc(NC(=O)CSc2nnc(NC(=O)c3ccc(S(=O)(=O)N(C)C)cc3)s2)cc1. The summed E-state index contributed by atoms with van der Waals surface area (Å²) < 4.78 is 25.8. The van der Waals surface area contributed by atoms with Gasteiger partial charge in [0.1, 0.15) is 0 Å². The van der Waals surface area contributed by atoms with E-state index in [4.69, 9.17) is 0 Å². The van der Waals surface area contributed by atoms with E-state index in [9.17, 15) is 22.8 Å². The Balaban J connectivity index is 1.50. The first-order valence-electron chi connectivity index (χ1n) is 10.0. The quantitative estimate of drug-likeness (QED) is 0.280. The van der Waals surface area contributed by atoms with Crippen molar-refractivity contribution < 1.29 is 22.8 Å². The highest BCUT2D eigenvalue weighted by molar-refractivity contribution is 8.01. The Labute approximate surface area is 210 Å². The number of anilines is 3. The second-order valence-corrected chi connectivity index (χ2v) is 11.6. The Kier molecular flexibility index (Phi) is 8.56. The number of hydrogen-bond acceptors (Lipinski definition) is 9. The standard InChI is InChI=1S/C21H22N6O5S3/c1-13(28)22-15-6-8-16(9-7-15)23-18(29)12-33-21-26-25-20(34-21)24-19(30)14-4-10-17(11-5-14)35(31,32)27(2)3/h4-11H,12H2,1-3H3,(H,22,28)(H,23,29)(H,24,25,30). The zero-order chi connectivity index (χ0) is 25.6. The van der Waals surface area contributed by atoms with E-state index in [-0.39, 0.29) is 33.2 Å². The molecule has 0 atom stereocenters. The Morgan fingerprint density at radius 2 is 1.51 bits per heavy atom. The van der Waals surface area contributed by atoms with E-state index in [2.05, 4.69) is 26.1 Å². The van der Waals surface area contributed by atoms with E-state index in [1.165, 1.54) is 45.3 Å². The predicted octanol–water partition coefficient (Wildman–Crippen LogP) is 2.73. The molecule has 0 saturated heterocycles. The first kappa shape index (κ1) is 26.3. The van der Waals surface area contributed by atoms with Crippen LogP contribution in [0.5, 0.6) is 0 Å². The molecule has 11 nitrogen and oxygen atoms in total. The first-order chi connectivity index (χ1) is 16.5. The molecule has 3 rings (SSSR count). The minimum Gasteiger partial charge on any atom is -0.326 e. The van der Waals surface area contributed by atoms with Gasteiger partial charge in [-0.1, -0.05) is 23.1 Å². The van der Waals surface area contributed by atoms with E-state index < -0.39 is 15.9 Å². The van der Waals surface area contributed by atoms with Gasteiger partial charge >= 0.3 is 0 Å². The molecule has 3 aromatic rings. The summed E-state index contributed by atoms with van der Waals surface area (Å²) in [5.41, 5.74) is 1.47. The van der Waals surface area contributed by atoms with Gasteiger partial charge < -0.3 is 10.6 Å². The van der Waals surface area contributed by atoms with E-state index in [0.717, 1.165) is 27.4 Å². The number of aromatic nitrogens is 2. The number of carbonyl (C=O) groups excluding carboxylic acids is 3. The molecule has 2 aromatic carbocycles. The number of hydrogen-bond donors (Lipinski definition) is 3. The van der Waals surface area contributed by atoms with Crippen molar-refractivity contribution in [2.24, 2.45) is 0 Å². The zero-order valence-corrected chi connectivity index (χ0v) is 21.4. The largest absolute Gasteiger partial charge is 0.326 e. The summed E-state index contributed by atoms with van der Waals surface area (Å²) >= 11 is 2.27. The van der Waals surface area contributed by atoms with Crippen LogP contribution in [-0.2, 0) is 19.6 Å². The summed E-state index contributed by atoms with van der Waals surface area (Å²) in [6, 6.07) is 12.3. The van der Waals surface area contributed by atoms with Crippen molar-refractivity contribution in [3.05, 3.63) is 54.1 Å². The van der Waals surface area contributed by atoms with Gasteiger partial charge in [-0.05, 0) is 48.5 Å². The lowest BCUT2D eigenvalue weighted by Gasteiger charge is -2.11. The van der Waals surface area contributed by atoms with Crippen molar-refractivity contribution in [3.63, 3.8) is 0 Å². The third-order valence-corrected chi connectivity index (χ3v) is 8.14. The normalized spacial score (nSPS) is 11.2. The van der Waals surface area contributed by atoms with Gasteiger partial charge in [-0.2, -0.15) is 0 Å². The molecule has 3 N–H and O–H groups in total. The van der Waals surface area contributed by atoms with Gasteiger partial charge in [-0.15, -0.1) is 10.2 Å². The number of thioether (sulfide) groups is 1. The number of sulfonamides is 1. The maximum Gasteiger partial charge on any atom is 0.257 e. The van der Waals surface area contributed by atoms with Crippen LogP contribution < -0.4 is 16.0 Å². The van der Waals surface area contributed by atoms with Crippen molar-refractivity contribution in [2.75, 3.05) is 35.8 Å². The van der Waals surface area contributed by atoms with Gasteiger partial charge in [0.05, 0.1) is 10.6 Å². The van der Waals surface area contributed by atoms with E-state index in [1.54, 1.807) is 24.3 Å². The first-order valence-corrected chi connectivity index (χ1v) is 13.3. The van der Waals surface area contributed by atoms with Crippen LogP contribution >= 0.6 is 23.1 Å². The minimum atomic E-state index is -3.58. The fraction of sp³-hybridized carbons (Fsp3) is 0.190. The van der Waals surface area contributed by atoms with Gasteiger partial charge in [0.25, 0.3) is 5.91 Å². The molecule has 35 heavy (non-hydrogen) atoms. The van der Waals surface area contributed by atoms with Gasteiger partial charge in [-0.3, -0.25) is 19.7 Å². The third kappa shape index (κ3) is 7.32. The van der Waals surface area contributed by atoms with Crippen LogP contribution in [-0.4, -0.2) is 60.5 Å². The molecule has 14 heteroatoms. The maximum absolute atomic E-state index is 12.4. The van der Waals surface area contributed by atoms with Gasteiger partial charge in [-0.25, -0.2) is 12.7 Å².